The molecular weight excluding hydrogens is 316 g/mol. The van der Waals surface area contributed by atoms with Gasteiger partial charge >= 0.3 is 0 Å². The number of carbonyl (C=O) groups excluding carboxylic acids is 1. The lowest BCUT2D eigenvalue weighted by atomic mass is 10.1. The van der Waals surface area contributed by atoms with E-state index in [9.17, 15) is 9.90 Å². The Hall–Kier alpha value is -1.47. The molecule has 3 aromatic rings. The van der Waals surface area contributed by atoms with Crippen LogP contribution < -0.4 is 10.6 Å². The molecule has 4 nitrogen and oxygen atoms in total. The molecule has 0 saturated carbocycles. The van der Waals surface area contributed by atoms with Crippen LogP contribution >= 0.6 is 22.7 Å². The molecule has 1 fully saturated rings. The zero-order valence-corrected chi connectivity index (χ0v) is 13.5. The zero-order valence-electron chi connectivity index (χ0n) is 11.8. The maximum atomic E-state index is 12.3. The maximum absolute atomic E-state index is 12.3. The summed E-state index contributed by atoms with van der Waals surface area (Å²) in [6.07, 6.45) is -0.365. The van der Waals surface area contributed by atoms with Crippen LogP contribution in [0.5, 0.6) is 0 Å². The molecule has 1 aliphatic heterocycles. The second-order valence-corrected chi connectivity index (χ2v) is 7.73. The highest BCUT2D eigenvalue weighted by atomic mass is 32.1. The summed E-state index contributed by atoms with van der Waals surface area (Å²) in [5.41, 5.74) is 0. The lowest BCUT2D eigenvalue weighted by Gasteiger charge is -2.13. The van der Waals surface area contributed by atoms with Gasteiger partial charge in [-0.05, 0) is 12.1 Å². The van der Waals surface area contributed by atoms with Crippen LogP contribution in [-0.2, 0) is 0 Å². The molecule has 2 atom stereocenters. The lowest BCUT2D eigenvalue weighted by Crippen LogP contribution is -2.33. The van der Waals surface area contributed by atoms with Gasteiger partial charge in [0.2, 0.25) is 0 Å². The normalized spacial score (nSPS) is 21.7. The molecule has 4 rings (SSSR count). The predicted octanol–water partition coefficient (Wildman–Crippen LogP) is 2.43. The van der Waals surface area contributed by atoms with E-state index in [0.717, 1.165) is 11.4 Å². The molecule has 22 heavy (non-hydrogen) atoms. The summed E-state index contributed by atoms with van der Waals surface area (Å²) < 4.78 is 3.61. The summed E-state index contributed by atoms with van der Waals surface area (Å²) in [6, 6.07) is 10.3. The maximum Gasteiger partial charge on any atom is 0.261 e. The van der Waals surface area contributed by atoms with Gasteiger partial charge in [0.05, 0.1) is 15.7 Å². The van der Waals surface area contributed by atoms with Gasteiger partial charge in [-0.25, -0.2) is 0 Å². The molecule has 114 valence electrons. The summed E-state index contributed by atoms with van der Waals surface area (Å²) in [4.78, 5) is 13.1. The predicted molar refractivity (Wildman–Crippen MR) is 91.9 cm³/mol. The Balaban J connectivity index is 1.54. The summed E-state index contributed by atoms with van der Waals surface area (Å²) in [5.74, 6) is 0.0578. The number of rotatable bonds is 3. The van der Waals surface area contributed by atoms with Crippen LogP contribution in [0.3, 0.4) is 0 Å². The summed E-state index contributed by atoms with van der Waals surface area (Å²) in [6.45, 7) is 1.88. The van der Waals surface area contributed by atoms with Crippen molar-refractivity contribution in [2.24, 2.45) is 5.92 Å². The van der Waals surface area contributed by atoms with E-state index in [2.05, 4.69) is 22.8 Å². The Morgan fingerprint density at radius 2 is 2.14 bits per heavy atom. The van der Waals surface area contributed by atoms with Crippen LogP contribution in [0.1, 0.15) is 9.67 Å². The van der Waals surface area contributed by atoms with Crippen molar-refractivity contribution in [3.05, 3.63) is 35.2 Å². The average Bonchev–Trinajstić information content (AvgIpc) is 3.18. The van der Waals surface area contributed by atoms with E-state index < -0.39 is 0 Å². The number of amides is 1. The van der Waals surface area contributed by atoms with Crippen LogP contribution in [-0.4, -0.2) is 36.8 Å². The van der Waals surface area contributed by atoms with Crippen molar-refractivity contribution in [1.29, 1.82) is 0 Å². The van der Waals surface area contributed by atoms with Gasteiger partial charge in [0.25, 0.3) is 5.91 Å². The van der Waals surface area contributed by atoms with Crippen molar-refractivity contribution in [2.45, 2.75) is 6.10 Å². The first-order valence-electron chi connectivity index (χ1n) is 7.30. The summed E-state index contributed by atoms with van der Waals surface area (Å²) in [5, 5.41) is 17.1. The van der Waals surface area contributed by atoms with Crippen LogP contribution in [0.4, 0.5) is 0 Å². The molecule has 0 aliphatic carbocycles. The molecule has 1 amide bonds. The molecule has 2 unspecified atom stereocenters. The van der Waals surface area contributed by atoms with Gasteiger partial charge in [0.15, 0.2) is 0 Å². The van der Waals surface area contributed by atoms with E-state index in [1.807, 2.05) is 18.2 Å². The van der Waals surface area contributed by atoms with Gasteiger partial charge in [-0.15, -0.1) is 22.7 Å². The average molecular weight is 332 g/mol. The van der Waals surface area contributed by atoms with Crippen molar-refractivity contribution in [1.82, 2.24) is 10.6 Å². The number of aliphatic hydroxyl groups is 1. The number of fused-ring (bicyclic) bond motifs is 3. The van der Waals surface area contributed by atoms with E-state index in [4.69, 9.17) is 0 Å². The molecule has 0 radical (unpaired) electrons. The van der Waals surface area contributed by atoms with Crippen LogP contribution in [0, 0.1) is 5.92 Å². The highest BCUT2D eigenvalue weighted by Crippen LogP contribution is 2.39. The summed E-state index contributed by atoms with van der Waals surface area (Å²) in [7, 11) is 0. The Morgan fingerprint density at radius 3 is 2.95 bits per heavy atom. The second-order valence-electron chi connectivity index (χ2n) is 5.60. The lowest BCUT2D eigenvalue weighted by molar-refractivity contribution is 0.0931. The Morgan fingerprint density at radius 1 is 1.27 bits per heavy atom. The van der Waals surface area contributed by atoms with Crippen molar-refractivity contribution in [2.75, 3.05) is 19.6 Å². The number of aliphatic hydroxyl groups excluding tert-OH is 1. The highest BCUT2D eigenvalue weighted by molar-refractivity contribution is 7.33. The fourth-order valence-corrected chi connectivity index (χ4v) is 5.29. The van der Waals surface area contributed by atoms with Crippen molar-refractivity contribution in [3.8, 4) is 0 Å². The minimum atomic E-state index is -0.365. The monoisotopic (exact) mass is 332 g/mol. The fraction of sp³-hybridized carbons (Fsp3) is 0.312. The van der Waals surface area contributed by atoms with Crippen LogP contribution in [0.25, 0.3) is 19.5 Å². The molecule has 3 heterocycles. The van der Waals surface area contributed by atoms with Gasteiger partial charge in [-0.2, -0.15) is 0 Å². The van der Waals surface area contributed by atoms with E-state index in [-0.39, 0.29) is 17.9 Å². The first-order valence-corrected chi connectivity index (χ1v) is 8.94. The smallest absolute Gasteiger partial charge is 0.261 e. The number of thiophene rings is 2. The molecular formula is C16H16N2O2S2. The van der Waals surface area contributed by atoms with Crippen molar-refractivity contribution in [3.63, 3.8) is 0 Å². The van der Waals surface area contributed by atoms with Crippen LogP contribution in [0.15, 0.2) is 30.3 Å². The molecule has 1 aromatic carbocycles. The van der Waals surface area contributed by atoms with E-state index in [0.29, 0.717) is 13.1 Å². The number of β-amino-alcohol motifs (C(OH)–C–C–N with tert-alkyl or cyclic N) is 1. The van der Waals surface area contributed by atoms with Gasteiger partial charge in [-0.3, -0.25) is 4.79 Å². The third kappa shape index (κ3) is 2.42. The molecule has 1 saturated heterocycles. The quantitative estimate of drug-likeness (QED) is 0.690. The molecule has 1 aliphatic rings. The molecule has 0 bridgehead atoms. The molecule has 3 N–H and O–H groups in total. The third-order valence-electron chi connectivity index (χ3n) is 4.10. The molecule has 0 spiro atoms. The van der Waals surface area contributed by atoms with Crippen molar-refractivity contribution >= 4 is 48.1 Å². The largest absolute Gasteiger partial charge is 0.391 e. The number of benzene rings is 1. The SMILES string of the molecule is O=C(NCC1CNCC1O)c1cc2sc3ccccc3c2s1. The topological polar surface area (TPSA) is 61.4 Å². The van der Waals surface area contributed by atoms with Gasteiger partial charge in [0, 0.05) is 40.3 Å². The van der Waals surface area contributed by atoms with Crippen molar-refractivity contribution < 1.29 is 9.90 Å². The zero-order chi connectivity index (χ0) is 15.1. The van der Waals surface area contributed by atoms with Gasteiger partial charge in [0.1, 0.15) is 0 Å². The third-order valence-corrected chi connectivity index (χ3v) is 6.52. The van der Waals surface area contributed by atoms with Gasteiger partial charge in [-0.1, -0.05) is 18.2 Å². The standard InChI is InChI=1S/C16H16N2O2S2/c19-11-8-17-6-9(11)7-18-16(20)14-5-13-15(22-14)10-3-1-2-4-12(10)21-13/h1-5,9,11,17,19H,6-8H2,(H,18,20). The molecule has 2 aromatic heterocycles. The Bertz CT molecular complexity index is 839. The number of nitrogens with one attached hydrogen (secondary N) is 2. The number of hydrogen-bond donors (Lipinski definition) is 3. The van der Waals surface area contributed by atoms with Crippen LogP contribution in [0.2, 0.25) is 0 Å². The van der Waals surface area contributed by atoms with Gasteiger partial charge < -0.3 is 15.7 Å². The van der Waals surface area contributed by atoms with E-state index in [1.54, 1.807) is 22.7 Å². The minimum absolute atomic E-state index is 0.0448. The highest BCUT2D eigenvalue weighted by Gasteiger charge is 2.25. The first-order chi connectivity index (χ1) is 10.7. The van der Waals surface area contributed by atoms with E-state index >= 15 is 0 Å². The Kier molecular flexibility index (Phi) is 3.62. The Labute approximate surface area is 135 Å². The second kappa shape index (κ2) is 5.62. The number of hydrogen-bond acceptors (Lipinski definition) is 5. The van der Waals surface area contributed by atoms with E-state index in [1.165, 1.54) is 19.5 Å². The molecule has 6 heteroatoms. The summed E-state index contributed by atoms with van der Waals surface area (Å²) >= 11 is 3.27. The fourth-order valence-electron chi connectivity index (χ4n) is 2.85. The minimum Gasteiger partial charge on any atom is -0.391 e. The number of carbonyl (C=O) groups is 1. The first kappa shape index (κ1) is 14.1.